The van der Waals surface area contributed by atoms with Gasteiger partial charge in [0.2, 0.25) is 0 Å². The fourth-order valence-corrected chi connectivity index (χ4v) is 4.13. The number of rotatable bonds is 5. The predicted octanol–water partition coefficient (Wildman–Crippen LogP) is 8.14. The number of halogens is 4. The second kappa shape index (κ2) is 9.07. The standard InChI is InChI=1S/C25H27F4N/c1-4-7-18-8-5-11-23(30-20-10-6-9-19(15-20)25(27,28)29)24(18)17(3)21-13-12-16(2)14-22(21)26/h6-7,9-10,12-15,17,30H,4-5,8,11H2,1-3H3/b18-7+. The minimum atomic E-state index is -4.40. The second-order valence-electron chi connectivity index (χ2n) is 7.83. The molecule has 5 heteroatoms. The number of aryl methyl sites for hydroxylation is 1. The molecule has 0 radical (unpaired) electrons. The highest BCUT2D eigenvalue weighted by atomic mass is 19.4. The normalized spacial score (nSPS) is 17.4. The summed E-state index contributed by atoms with van der Waals surface area (Å²) < 4.78 is 54.1. The Bertz CT molecular complexity index is 969. The van der Waals surface area contributed by atoms with Crippen molar-refractivity contribution in [1.82, 2.24) is 0 Å². The molecule has 0 bridgehead atoms. The first kappa shape index (κ1) is 22.1. The fourth-order valence-electron chi connectivity index (χ4n) is 4.13. The van der Waals surface area contributed by atoms with Gasteiger partial charge in [-0.3, -0.25) is 0 Å². The van der Waals surface area contributed by atoms with Crippen molar-refractivity contribution in [2.24, 2.45) is 0 Å². The maximum Gasteiger partial charge on any atom is 0.416 e. The zero-order valence-corrected chi connectivity index (χ0v) is 17.5. The molecule has 1 N–H and O–H groups in total. The van der Waals surface area contributed by atoms with Gasteiger partial charge in [-0.1, -0.05) is 38.1 Å². The van der Waals surface area contributed by atoms with Gasteiger partial charge in [-0.2, -0.15) is 13.2 Å². The van der Waals surface area contributed by atoms with Crippen molar-refractivity contribution in [3.63, 3.8) is 0 Å². The molecule has 160 valence electrons. The Labute approximate surface area is 175 Å². The van der Waals surface area contributed by atoms with Crippen LogP contribution in [0.1, 0.15) is 62.1 Å². The van der Waals surface area contributed by atoms with E-state index in [0.29, 0.717) is 17.7 Å². The van der Waals surface area contributed by atoms with Gasteiger partial charge in [-0.15, -0.1) is 0 Å². The van der Waals surface area contributed by atoms with E-state index in [1.165, 1.54) is 12.1 Å². The smallest absolute Gasteiger partial charge is 0.359 e. The summed E-state index contributed by atoms with van der Waals surface area (Å²) in [7, 11) is 0. The third kappa shape index (κ3) is 4.94. The van der Waals surface area contributed by atoms with Gasteiger partial charge in [0.05, 0.1) is 5.56 Å². The van der Waals surface area contributed by atoms with E-state index >= 15 is 0 Å². The first-order valence-corrected chi connectivity index (χ1v) is 10.3. The Morgan fingerprint density at radius 1 is 1.10 bits per heavy atom. The van der Waals surface area contributed by atoms with E-state index in [2.05, 4.69) is 18.3 Å². The molecule has 1 nitrogen and oxygen atoms in total. The van der Waals surface area contributed by atoms with Crippen LogP contribution in [0.2, 0.25) is 0 Å². The summed E-state index contributed by atoms with van der Waals surface area (Å²) in [6, 6.07) is 10.4. The molecule has 0 spiro atoms. The zero-order chi connectivity index (χ0) is 21.9. The molecular formula is C25H27F4N. The summed E-state index contributed by atoms with van der Waals surface area (Å²) >= 11 is 0. The van der Waals surface area contributed by atoms with Crippen molar-refractivity contribution >= 4 is 5.69 Å². The molecule has 1 unspecified atom stereocenters. The van der Waals surface area contributed by atoms with Gasteiger partial charge in [0, 0.05) is 17.3 Å². The highest BCUT2D eigenvalue weighted by molar-refractivity contribution is 5.56. The van der Waals surface area contributed by atoms with Gasteiger partial charge in [0.1, 0.15) is 5.82 Å². The monoisotopic (exact) mass is 417 g/mol. The molecule has 0 aromatic heterocycles. The Morgan fingerprint density at radius 2 is 1.87 bits per heavy atom. The average molecular weight is 417 g/mol. The number of nitrogens with one attached hydrogen (secondary N) is 1. The van der Waals surface area contributed by atoms with Gasteiger partial charge in [0.25, 0.3) is 0 Å². The van der Waals surface area contributed by atoms with E-state index in [1.807, 2.05) is 26.0 Å². The van der Waals surface area contributed by atoms with E-state index in [0.717, 1.165) is 53.8 Å². The number of allylic oxidation sites excluding steroid dienone is 4. The Morgan fingerprint density at radius 3 is 2.53 bits per heavy atom. The van der Waals surface area contributed by atoms with Crippen LogP contribution in [-0.4, -0.2) is 0 Å². The molecule has 0 saturated carbocycles. The van der Waals surface area contributed by atoms with E-state index in [-0.39, 0.29) is 11.7 Å². The third-order valence-corrected chi connectivity index (χ3v) is 5.54. The lowest BCUT2D eigenvalue weighted by Gasteiger charge is -2.29. The molecule has 0 fully saturated rings. The van der Waals surface area contributed by atoms with Crippen LogP contribution in [0, 0.1) is 12.7 Å². The highest BCUT2D eigenvalue weighted by Crippen LogP contribution is 2.41. The topological polar surface area (TPSA) is 12.0 Å². The van der Waals surface area contributed by atoms with Crippen LogP contribution in [0.4, 0.5) is 23.2 Å². The van der Waals surface area contributed by atoms with Crippen molar-refractivity contribution in [3.05, 3.63) is 87.9 Å². The fraction of sp³-hybridized carbons (Fsp3) is 0.360. The lowest BCUT2D eigenvalue weighted by atomic mass is 9.79. The summed E-state index contributed by atoms with van der Waals surface area (Å²) in [4.78, 5) is 0. The average Bonchev–Trinajstić information content (AvgIpc) is 2.67. The summed E-state index contributed by atoms with van der Waals surface area (Å²) in [5.74, 6) is -0.466. The van der Waals surface area contributed by atoms with E-state index in [9.17, 15) is 17.6 Å². The highest BCUT2D eigenvalue weighted by Gasteiger charge is 2.31. The van der Waals surface area contributed by atoms with Gasteiger partial charge >= 0.3 is 6.18 Å². The van der Waals surface area contributed by atoms with Crippen LogP contribution in [0.5, 0.6) is 0 Å². The molecule has 0 amide bonds. The summed E-state index contributed by atoms with van der Waals surface area (Å²) in [5.41, 5.74) is 4.16. The zero-order valence-electron chi connectivity index (χ0n) is 17.5. The number of hydrogen-bond acceptors (Lipinski definition) is 1. The van der Waals surface area contributed by atoms with E-state index < -0.39 is 11.7 Å². The Kier molecular flexibility index (Phi) is 6.69. The Balaban J connectivity index is 2.06. The van der Waals surface area contributed by atoms with Crippen molar-refractivity contribution in [2.75, 3.05) is 5.32 Å². The third-order valence-electron chi connectivity index (χ3n) is 5.54. The molecule has 3 rings (SSSR count). The summed E-state index contributed by atoms with van der Waals surface area (Å²) in [6.45, 7) is 5.86. The molecule has 0 heterocycles. The van der Waals surface area contributed by atoms with Gasteiger partial charge in [-0.05, 0) is 79.1 Å². The molecule has 1 aliphatic carbocycles. The van der Waals surface area contributed by atoms with Crippen LogP contribution >= 0.6 is 0 Å². The van der Waals surface area contributed by atoms with Crippen molar-refractivity contribution < 1.29 is 17.6 Å². The number of hydrogen-bond donors (Lipinski definition) is 1. The van der Waals surface area contributed by atoms with Crippen molar-refractivity contribution in [3.8, 4) is 0 Å². The predicted molar refractivity (Wildman–Crippen MR) is 114 cm³/mol. The Hall–Kier alpha value is -2.56. The van der Waals surface area contributed by atoms with Crippen LogP contribution in [-0.2, 0) is 6.18 Å². The molecule has 30 heavy (non-hydrogen) atoms. The number of alkyl halides is 3. The summed E-state index contributed by atoms with van der Waals surface area (Å²) in [5, 5.41) is 3.23. The summed E-state index contributed by atoms with van der Waals surface area (Å²) in [6.07, 6.45) is 1.09. The lowest BCUT2D eigenvalue weighted by molar-refractivity contribution is -0.137. The van der Waals surface area contributed by atoms with Crippen LogP contribution in [0.3, 0.4) is 0 Å². The van der Waals surface area contributed by atoms with Crippen LogP contribution in [0.15, 0.2) is 65.4 Å². The van der Waals surface area contributed by atoms with Gasteiger partial charge in [0.15, 0.2) is 0 Å². The molecule has 1 aliphatic rings. The first-order valence-electron chi connectivity index (χ1n) is 10.3. The van der Waals surface area contributed by atoms with E-state index in [4.69, 9.17) is 0 Å². The minimum Gasteiger partial charge on any atom is -0.359 e. The second-order valence-corrected chi connectivity index (χ2v) is 7.83. The molecule has 0 aliphatic heterocycles. The number of benzene rings is 2. The van der Waals surface area contributed by atoms with Crippen molar-refractivity contribution in [1.29, 1.82) is 0 Å². The molecule has 2 aromatic rings. The lowest BCUT2D eigenvalue weighted by Crippen LogP contribution is -2.16. The quantitative estimate of drug-likeness (QED) is 0.484. The number of anilines is 1. The molecule has 0 saturated heterocycles. The maximum atomic E-state index is 14.7. The largest absolute Gasteiger partial charge is 0.416 e. The van der Waals surface area contributed by atoms with Gasteiger partial charge < -0.3 is 5.32 Å². The van der Waals surface area contributed by atoms with Crippen LogP contribution in [0.25, 0.3) is 0 Å². The van der Waals surface area contributed by atoms with Crippen LogP contribution < -0.4 is 5.32 Å². The minimum absolute atomic E-state index is 0.211. The first-order chi connectivity index (χ1) is 14.2. The molecule has 2 aromatic carbocycles. The van der Waals surface area contributed by atoms with Gasteiger partial charge in [-0.25, -0.2) is 4.39 Å². The van der Waals surface area contributed by atoms with Crippen molar-refractivity contribution in [2.45, 2.75) is 58.5 Å². The maximum absolute atomic E-state index is 14.7. The molecular weight excluding hydrogens is 390 g/mol. The molecule has 1 atom stereocenters. The SMILES string of the molecule is CC/C=C1\CCCC(Nc2cccc(C(F)(F)F)c2)=C1C(C)c1ccc(C)cc1F. The van der Waals surface area contributed by atoms with E-state index in [1.54, 1.807) is 6.07 Å².